The highest BCUT2D eigenvalue weighted by Gasteiger charge is 2.20. The van der Waals surface area contributed by atoms with E-state index in [2.05, 4.69) is 26.2 Å². The van der Waals surface area contributed by atoms with Crippen molar-refractivity contribution < 1.29 is 9.53 Å². The molecule has 18 heavy (non-hydrogen) atoms. The summed E-state index contributed by atoms with van der Waals surface area (Å²) in [4.78, 5) is 14.8. The molecule has 0 saturated heterocycles. The summed E-state index contributed by atoms with van der Waals surface area (Å²) in [7, 11) is 0. The van der Waals surface area contributed by atoms with Crippen LogP contribution in [0.3, 0.4) is 0 Å². The topological polar surface area (TPSA) is 54.1 Å². The van der Waals surface area contributed by atoms with Crippen LogP contribution in [0.4, 0.5) is 0 Å². The van der Waals surface area contributed by atoms with Crippen LogP contribution in [0.15, 0.2) is 16.7 Å². The molecule has 0 radical (unpaired) electrons. The molecule has 0 aliphatic carbocycles. The van der Waals surface area contributed by atoms with Crippen LogP contribution in [0.5, 0.6) is 0 Å². The van der Waals surface area contributed by atoms with Gasteiger partial charge in [0.1, 0.15) is 11.6 Å². The summed E-state index contributed by atoms with van der Waals surface area (Å²) in [5.41, 5.74) is 0.697. The van der Waals surface area contributed by atoms with Crippen molar-refractivity contribution in [2.24, 2.45) is 0 Å². The van der Waals surface area contributed by atoms with E-state index in [9.17, 15) is 4.79 Å². The van der Waals surface area contributed by atoms with Crippen LogP contribution in [-0.2, 0) is 16.0 Å². The van der Waals surface area contributed by atoms with Gasteiger partial charge in [-0.15, -0.1) is 0 Å². The molecule has 0 amide bonds. The van der Waals surface area contributed by atoms with Crippen LogP contribution in [0.2, 0.25) is 0 Å². The van der Waals surface area contributed by atoms with Gasteiger partial charge in [0, 0.05) is 22.9 Å². The predicted molar refractivity (Wildman–Crippen MR) is 75.5 cm³/mol. The Morgan fingerprint density at radius 2 is 2.22 bits per heavy atom. The highest BCUT2D eigenvalue weighted by Crippen LogP contribution is 2.11. The molecule has 102 valence electrons. The summed E-state index contributed by atoms with van der Waals surface area (Å²) >= 11 is 3.38. The minimum absolute atomic E-state index is 0.213. The predicted octanol–water partition coefficient (Wildman–Crippen LogP) is 2.64. The Bertz CT molecular complexity index is 396. The fourth-order valence-electron chi connectivity index (χ4n) is 1.45. The molecule has 0 saturated carbocycles. The first-order valence-electron chi connectivity index (χ1n) is 6.07. The average molecular weight is 317 g/mol. The van der Waals surface area contributed by atoms with Crippen molar-refractivity contribution in [1.82, 2.24) is 10.3 Å². The molecule has 1 aromatic rings. The third-order valence-corrected chi connectivity index (χ3v) is 2.77. The van der Waals surface area contributed by atoms with Crippen LogP contribution in [0, 0.1) is 0 Å². The van der Waals surface area contributed by atoms with Gasteiger partial charge in [0.15, 0.2) is 0 Å². The van der Waals surface area contributed by atoms with Crippen molar-refractivity contribution in [2.45, 2.75) is 45.8 Å². The lowest BCUT2D eigenvalue weighted by molar-refractivity contribution is -0.156. The van der Waals surface area contributed by atoms with Crippen LogP contribution in [-0.4, -0.2) is 29.1 Å². The smallest absolute Gasteiger partial charge is 0.323 e. The Balaban J connectivity index is 2.28. The molecule has 1 rings (SSSR count). The highest BCUT2D eigenvalue weighted by molar-refractivity contribution is 9.10. The molecule has 0 bridgehead atoms. The molecule has 2 N–H and O–H groups in total. The van der Waals surface area contributed by atoms with Gasteiger partial charge < -0.3 is 15.0 Å². The van der Waals surface area contributed by atoms with E-state index in [1.54, 1.807) is 0 Å². The molecule has 0 fully saturated rings. The van der Waals surface area contributed by atoms with E-state index in [4.69, 9.17) is 4.74 Å². The molecular weight excluding hydrogens is 296 g/mol. The molecule has 0 aromatic carbocycles. The van der Waals surface area contributed by atoms with E-state index in [1.165, 1.54) is 0 Å². The zero-order chi connectivity index (χ0) is 13.8. The third kappa shape index (κ3) is 5.69. The molecular formula is C13H21BrN2O2. The van der Waals surface area contributed by atoms with Gasteiger partial charge in [-0.3, -0.25) is 4.79 Å². The van der Waals surface area contributed by atoms with Crippen LogP contribution >= 0.6 is 15.9 Å². The summed E-state index contributed by atoms with van der Waals surface area (Å²) in [6, 6.07) is 1.74. The Morgan fingerprint density at radius 1 is 1.56 bits per heavy atom. The number of rotatable bonds is 5. The number of hydrogen-bond donors (Lipinski definition) is 2. The third-order valence-electron chi connectivity index (χ3n) is 2.31. The maximum Gasteiger partial charge on any atom is 0.323 e. The summed E-state index contributed by atoms with van der Waals surface area (Å²) in [6.45, 7) is 8.16. The van der Waals surface area contributed by atoms with E-state index < -0.39 is 5.60 Å². The second kappa shape index (κ2) is 6.38. The van der Waals surface area contributed by atoms with E-state index in [0.29, 0.717) is 0 Å². The molecule has 1 atom stereocenters. The minimum atomic E-state index is -0.433. The van der Waals surface area contributed by atoms with Crippen LogP contribution in [0.1, 0.15) is 33.4 Å². The first-order chi connectivity index (χ1) is 8.28. The molecule has 1 unspecified atom stereocenters. The number of nitrogens with one attached hydrogen (secondary N) is 2. The van der Waals surface area contributed by atoms with E-state index >= 15 is 0 Å². The van der Waals surface area contributed by atoms with E-state index in [-0.39, 0.29) is 12.0 Å². The molecule has 1 heterocycles. The molecule has 0 spiro atoms. The summed E-state index contributed by atoms with van der Waals surface area (Å²) in [5, 5.41) is 3.15. The lowest BCUT2D eigenvalue weighted by atomic mass is 10.2. The average Bonchev–Trinajstić information content (AvgIpc) is 2.61. The molecule has 0 aliphatic heterocycles. The number of aromatic amines is 1. The minimum Gasteiger partial charge on any atom is -0.459 e. The van der Waals surface area contributed by atoms with Gasteiger partial charge in [0.25, 0.3) is 0 Å². The van der Waals surface area contributed by atoms with Gasteiger partial charge in [-0.05, 0) is 56.1 Å². The number of esters is 1. The summed E-state index contributed by atoms with van der Waals surface area (Å²) in [6.07, 6.45) is 2.74. The Hall–Kier alpha value is -0.810. The number of carbonyl (C=O) groups excluding carboxylic acids is 1. The van der Waals surface area contributed by atoms with E-state index in [1.807, 2.05) is 40.0 Å². The van der Waals surface area contributed by atoms with Crippen molar-refractivity contribution in [3.63, 3.8) is 0 Å². The maximum absolute atomic E-state index is 11.7. The fourth-order valence-corrected chi connectivity index (χ4v) is 1.84. The van der Waals surface area contributed by atoms with Crippen molar-refractivity contribution in [2.75, 3.05) is 6.54 Å². The number of H-pyrrole nitrogens is 1. The Labute approximate surface area is 117 Å². The Kier molecular flexibility index (Phi) is 5.41. The van der Waals surface area contributed by atoms with Gasteiger partial charge in [0.2, 0.25) is 0 Å². The van der Waals surface area contributed by atoms with Crippen molar-refractivity contribution in [3.05, 3.63) is 22.4 Å². The number of ether oxygens (including phenoxy) is 1. The zero-order valence-electron chi connectivity index (χ0n) is 11.3. The lowest BCUT2D eigenvalue weighted by Crippen LogP contribution is -2.40. The molecule has 4 nitrogen and oxygen atoms in total. The van der Waals surface area contributed by atoms with Crippen molar-refractivity contribution in [3.8, 4) is 0 Å². The first kappa shape index (κ1) is 15.2. The highest BCUT2D eigenvalue weighted by atomic mass is 79.9. The SMILES string of the molecule is CC(NCCc1cc(Br)c[nH]1)C(=O)OC(C)(C)C. The van der Waals surface area contributed by atoms with Crippen LogP contribution in [0.25, 0.3) is 0 Å². The molecule has 5 heteroatoms. The number of carbonyl (C=O) groups is 1. The lowest BCUT2D eigenvalue weighted by Gasteiger charge is -2.22. The van der Waals surface area contributed by atoms with Crippen molar-refractivity contribution in [1.29, 1.82) is 0 Å². The van der Waals surface area contributed by atoms with E-state index in [0.717, 1.165) is 23.1 Å². The number of aromatic nitrogens is 1. The van der Waals surface area contributed by atoms with Crippen LogP contribution < -0.4 is 5.32 Å². The fraction of sp³-hybridized carbons (Fsp3) is 0.615. The van der Waals surface area contributed by atoms with Gasteiger partial charge in [0.05, 0.1) is 0 Å². The van der Waals surface area contributed by atoms with Gasteiger partial charge in [-0.2, -0.15) is 0 Å². The maximum atomic E-state index is 11.7. The largest absolute Gasteiger partial charge is 0.459 e. The van der Waals surface area contributed by atoms with Gasteiger partial charge in [-0.1, -0.05) is 0 Å². The number of halogens is 1. The monoisotopic (exact) mass is 316 g/mol. The normalized spacial score (nSPS) is 13.4. The quantitative estimate of drug-likeness (QED) is 0.821. The second-order valence-corrected chi connectivity index (χ2v) is 6.22. The first-order valence-corrected chi connectivity index (χ1v) is 6.86. The standard InChI is InChI=1S/C13H21BrN2O2/c1-9(12(17)18-13(2,3)4)15-6-5-11-7-10(14)8-16-11/h7-9,15-16H,5-6H2,1-4H3. The number of hydrogen-bond acceptors (Lipinski definition) is 3. The van der Waals surface area contributed by atoms with Gasteiger partial charge >= 0.3 is 5.97 Å². The second-order valence-electron chi connectivity index (χ2n) is 5.30. The van der Waals surface area contributed by atoms with Crippen molar-refractivity contribution >= 4 is 21.9 Å². The Morgan fingerprint density at radius 3 is 2.72 bits per heavy atom. The summed E-state index contributed by atoms with van der Waals surface area (Å²) in [5.74, 6) is -0.213. The molecule has 0 aliphatic rings. The zero-order valence-corrected chi connectivity index (χ0v) is 12.9. The summed E-state index contributed by atoms with van der Waals surface area (Å²) < 4.78 is 6.33. The van der Waals surface area contributed by atoms with Gasteiger partial charge in [-0.25, -0.2) is 0 Å². The molecule has 1 aromatic heterocycles.